The van der Waals surface area contributed by atoms with Gasteiger partial charge < -0.3 is 24.4 Å². The van der Waals surface area contributed by atoms with E-state index in [4.69, 9.17) is 25.8 Å². The molecule has 2 aromatic carbocycles. The summed E-state index contributed by atoms with van der Waals surface area (Å²) in [5.74, 6) is 0.475. The molecule has 0 aliphatic carbocycles. The van der Waals surface area contributed by atoms with Gasteiger partial charge >= 0.3 is 0 Å². The number of nitrogens with zero attached hydrogens (tertiary/aromatic N) is 1. The smallest absolute Gasteiger partial charge is 0.244 e. The second kappa shape index (κ2) is 7.70. The molecule has 0 fully saturated rings. The monoisotopic (exact) mass is 380 g/mol. The molecule has 8 heteroatoms. The first-order chi connectivity index (χ1) is 12.5. The standard InChI is InChI=1S/C18H18ClFN2O4/c1-24-15-9-13(16(25-2)8-11(15)19)21-17(23)10-22-6-7-26-14-5-3-4-12(20)18(14)22/h3-5,8-9H,6-7,10H2,1-2H3,(H,21,23). The summed E-state index contributed by atoms with van der Waals surface area (Å²) in [6.45, 7) is 0.746. The lowest BCUT2D eigenvalue weighted by molar-refractivity contribution is -0.115. The van der Waals surface area contributed by atoms with Gasteiger partial charge in [-0.2, -0.15) is 0 Å². The fourth-order valence-corrected chi connectivity index (χ4v) is 3.01. The van der Waals surface area contributed by atoms with Gasteiger partial charge in [0.2, 0.25) is 5.91 Å². The van der Waals surface area contributed by atoms with Crippen molar-refractivity contribution in [3.8, 4) is 17.2 Å². The third-order valence-corrected chi connectivity index (χ3v) is 4.26. The highest BCUT2D eigenvalue weighted by Gasteiger charge is 2.24. The highest BCUT2D eigenvalue weighted by atomic mass is 35.5. The Kier molecular flexibility index (Phi) is 5.37. The van der Waals surface area contributed by atoms with Crippen LogP contribution in [0.1, 0.15) is 0 Å². The van der Waals surface area contributed by atoms with E-state index in [-0.39, 0.29) is 18.1 Å². The van der Waals surface area contributed by atoms with Gasteiger partial charge in [0.15, 0.2) is 0 Å². The zero-order valence-electron chi connectivity index (χ0n) is 14.3. The van der Waals surface area contributed by atoms with Crippen LogP contribution in [-0.2, 0) is 4.79 Å². The summed E-state index contributed by atoms with van der Waals surface area (Å²) >= 11 is 6.06. The third-order valence-electron chi connectivity index (χ3n) is 3.97. The number of hydrogen-bond donors (Lipinski definition) is 1. The lowest BCUT2D eigenvalue weighted by Crippen LogP contribution is -2.39. The van der Waals surface area contributed by atoms with Crippen molar-refractivity contribution in [3.63, 3.8) is 0 Å². The van der Waals surface area contributed by atoms with Crippen molar-refractivity contribution in [2.75, 3.05) is 44.1 Å². The van der Waals surface area contributed by atoms with Crippen LogP contribution < -0.4 is 24.4 Å². The first kappa shape index (κ1) is 18.1. The molecule has 0 bridgehead atoms. The second-order valence-electron chi connectivity index (χ2n) is 5.59. The fraction of sp³-hybridized carbons (Fsp3) is 0.278. The van der Waals surface area contributed by atoms with Crippen molar-refractivity contribution in [2.24, 2.45) is 0 Å². The van der Waals surface area contributed by atoms with Gasteiger partial charge in [0, 0.05) is 12.1 Å². The summed E-state index contributed by atoms with van der Waals surface area (Å²) in [6, 6.07) is 7.72. The molecular weight excluding hydrogens is 363 g/mol. The zero-order chi connectivity index (χ0) is 18.7. The summed E-state index contributed by atoms with van der Waals surface area (Å²) in [4.78, 5) is 14.2. The Morgan fingerprint density at radius 3 is 2.81 bits per heavy atom. The summed E-state index contributed by atoms with van der Waals surface area (Å²) in [7, 11) is 2.95. The van der Waals surface area contributed by atoms with Crippen LogP contribution in [-0.4, -0.2) is 39.8 Å². The van der Waals surface area contributed by atoms with Crippen LogP contribution in [0.5, 0.6) is 17.2 Å². The number of hydrogen-bond acceptors (Lipinski definition) is 5. The Bertz CT molecular complexity index is 831. The molecule has 0 aromatic heterocycles. The number of ether oxygens (including phenoxy) is 3. The predicted octanol–water partition coefficient (Wildman–Crippen LogP) is 3.33. The van der Waals surface area contributed by atoms with Crippen molar-refractivity contribution in [3.05, 3.63) is 41.2 Å². The minimum Gasteiger partial charge on any atom is -0.495 e. The van der Waals surface area contributed by atoms with Crippen molar-refractivity contribution in [1.29, 1.82) is 0 Å². The Morgan fingerprint density at radius 2 is 2.08 bits per heavy atom. The van der Waals surface area contributed by atoms with Crippen molar-refractivity contribution < 1.29 is 23.4 Å². The number of amides is 1. The average molecular weight is 381 g/mol. The van der Waals surface area contributed by atoms with E-state index in [1.54, 1.807) is 29.2 Å². The SMILES string of the molecule is COc1cc(NC(=O)CN2CCOc3cccc(F)c32)c(OC)cc1Cl. The summed E-state index contributed by atoms with van der Waals surface area (Å²) in [6.07, 6.45) is 0. The van der Waals surface area contributed by atoms with Crippen LogP contribution in [0.15, 0.2) is 30.3 Å². The van der Waals surface area contributed by atoms with Gasteiger partial charge in [-0.25, -0.2) is 4.39 Å². The van der Waals surface area contributed by atoms with E-state index in [2.05, 4.69) is 5.32 Å². The number of rotatable bonds is 5. The molecule has 0 unspecified atom stereocenters. The van der Waals surface area contributed by atoms with Crippen LogP contribution in [0.4, 0.5) is 15.8 Å². The van der Waals surface area contributed by atoms with Crippen LogP contribution >= 0.6 is 11.6 Å². The molecule has 3 rings (SSSR count). The number of benzene rings is 2. The van der Waals surface area contributed by atoms with Gasteiger partial charge in [-0.15, -0.1) is 0 Å². The number of anilines is 2. The van der Waals surface area contributed by atoms with Crippen molar-refractivity contribution >= 4 is 28.9 Å². The van der Waals surface area contributed by atoms with Crippen molar-refractivity contribution in [1.82, 2.24) is 0 Å². The number of halogens is 2. The molecule has 1 amide bonds. The number of para-hydroxylation sites is 1. The van der Waals surface area contributed by atoms with Gasteiger partial charge in [-0.05, 0) is 12.1 Å². The average Bonchev–Trinajstić information content (AvgIpc) is 2.63. The Labute approximate surface area is 155 Å². The molecule has 1 aliphatic heterocycles. The third kappa shape index (κ3) is 3.62. The van der Waals surface area contributed by atoms with Crippen LogP contribution in [0.2, 0.25) is 5.02 Å². The maximum absolute atomic E-state index is 14.2. The van der Waals surface area contributed by atoms with E-state index < -0.39 is 5.82 Å². The fourth-order valence-electron chi connectivity index (χ4n) is 2.78. The minimum atomic E-state index is -0.430. The van der Waals surface area contributed by atoms with Gasteiger partial charge in [0.25, 0.3) is 0 Å². The topological polar surface area (TPSA) is 60.0 Å². The Morgan fingerprint density at radius 1 is 1.31 bits per heavy atom. The van der Waals surface area contributed by atoms with Crippen LogP contribution in [0.25, 0.3) is 0 Å². The number of carbonyl (C=O) groups excluding carboxylic acids is 1. The van der Waals surface area contributed by atoms with E-state index in [1.165, 1.54) is 20.3 Å². The Hall–Kier alpha value is -2.67. The van der Waals surface area contributed by atoms with Gasteiger partial charge in [-0.3, -0.25) is 4.79 Å². The molecule has 1 N–H and O–H groups in total. The molecule has 138 valence electrons. The maximum Gasteiger partial charge on any atom is 0.244 e. The first-order valence-corrected chi connectivity index (χ1v) is 8.29. The molecular formula is C18H18ClFN2O4. The van der Waals surface area contributed by atoms with E-state index in [1.807, 2.05) is 0 Å². The minimum absolute atomic E-state index is 0.0363. The highest BCUT2D eigenvalue weighted by Crippen LogP contribution is 2.36. The Balaban J connectivity index is 1.79. The normalized spacial score (nSPS) is 12.8. The van der Waals surface area contributed by atoms with Crippen LogP contribution in [0, 0.1) is 5.82 Å². The van der Waals surface area contributed by atoms with E-state index in [0.717, 1.165) is 0 Å². The molecule has 1 aliphatic rings. The molecule has 0 radical (unpaired) electrons. The van der Waals surface area contributed by atoms with Crippen molar-refractivity contribution in [2.45, 2.75) is 0 Å². The van der Waals surface area contributed by atoms with E-state index >= 15 is 0 Å². The molecule has 0 spiro atoms. The molecule has 2 aromatic rings. The molecule has 1 heterocycles. The first-order valence-electron chi connectivity index (χ1n) is 7.91. The molecule has 26 heavy (non-hydrogen) atoms. The lowest BCUT2D eigenvalue weighted by Gasteiger charge is -2.30. The van der Waals surface area contributed by atoms with Gasteiger partial charge in [0.05, 0.1) is 38.0 Å². The van der Waals surface area contributed by atoms with E-state index in [9.17, 15) is 9.18 Å². The second-order valence-corrected chi connectivity index (χ2v) is 6.00. The van der Waals surface area contributed by atoms with Gasteiger partial charge in [-0.1, -0.05) is 17.7 Å². The summed E-state index contributed by atoms with van der Waals surface area (Å²) < 4.78 is 30.0. The predicted molar refractivity (Wildman–Crippen MR) is 97.3 cm³/mol. The summed E-state index contributed by atoms with van der Waals surface area (Å²) in [5.41, 5.74) is 0.704. The number of methoxy groups -OCH3 is 2. The summed E-state index contributed by atoms with van der Waals surface area (Å²) in [5, 5.41) is 3.12. The largest absolute Gasteiger partial charge is 0.495 e. The maximum atomic E-state index is 14.2. The number of fused-ring (bicyclic) bond motifs is 1. The highest BCUT2D eigenvalue weighted by molar-refractivity contribution is 6.32. The van der Waals surface area contributed by atoms with E-state index in [0.29, 0.717) is 41.1 Å². The number of nitrogens with one attached hydrogen (secondary N) is 1. The molecule has 0 atom stereocenters. The molecule has 0 saturated heterocycles. The zero-order valence-corrected chi connectivity index (χ0v) is 15.1. The quantitative estimate of drug-likeness (QED) is 0.862. The van der Waals surface area contributed by atoms with Crippen LogP contribution in [0.3, 0.4) is 0 Å². The molecule has 6 nitrogen and oxygen atoms in total. The van der Waals surface area contributed by atoms with Gasteiger partial charge in [0.1, 0.15) is 35.4 Å². The lowest BCUT2D eigenvalue weighted by atomic mass is 10.2. The number of carbonyl (C=O) groups is 1. The molecule has 0 saturated carbocycles.